The molecule has 0 fully saturated rings. The molecule has 2 aliphatic heterocycles. The van der Waals surface area contributed by atoms with Crippen molar-refractivity contribution in [3.8, 4) is 17.2 Å². The molecule has 0 radical (unpaired) electrons. The fourth-order valence-electron chi connectivity index (χ4n) is 4.77. The summed E-state index contributed by atoms with van der Waals surface area (Å²) in [5, 5.41) is 15.6. The predicted molar refractivity (Wildman–Crippen MR) is 154 cm³/mol. The van der Waals surface area contributed by atoms with Crippen LogP contribution in [0.1, 0.15) is 34.6 Å². The monoisotopic (exact) mass is 575 g/mol. The van der Waals surface area contributed by atoms with Crippen LogP contribution in [0.3, 0.4) is 0 Å². The Hall–Kier alpha value is -4.84. The van der Waals surface area contributed by atoms with Crippen LogP contribution in [0.2, 0.25) is 0 Å². The quantitative estimate of drug-likeness (QED) is 0.389. The Labute approximate surface area is 243 Å². The zero-order chi connectivity index (χ0) is 29.8. The number of nitrogens with one attached hydrogen (secondary N) is 2. The molecule has 2 aliphatic rings. The third-order valence-electron chi connectivity index (χ3n) is 7.29. The van der Waals surface area contributed by atoms with E-state index in [0.29, 0.717) is 34.2 Å². The van der Waals surface area contributed by atoms with E-state index >= 15 is 0 Å². The molecule has 2 aromatic carbocycles. The number of carbonyl (C=O) groups excluding carboxylic acids is 3. The van der Waals surface area contributed by atoms with E-state index in [-0.39, 0.29) is 55.8 Å². The molecule has 4 amide bonds. The minimum absolute atomic E-state index is 0.137. The number of ether oxygens (including phenoxy) is 3. The zero-order valence-electron chi connectivity index (χ0n) is 23.6. The third-order valence-corrected chi connectivity index (χ3v) is 7.29. The Bertz CT molecular complexity index is 1470. The van der Waals surface area contributed by atoms with E-state index in [1.165, 1.54) is 17.3 Å². The molecule has 12 nitrogen and oxygen atoms in total. The number of pyridine rings is 1. The maximum atomic E-state index is 13.7. The number of nitrogens with zero attached hydrogens (tertiary/aromatic N) is 3. The number of fused-ring (bicyclic) bond motifs is 2. The predicted octanol–water partition coefficient (Wildman–Crippen LogP) is 3.45. The molecule has 0 bridgehead atoms. The lowest BCUT2D eigenvalue weighted by Gasteiger charge is -2.38. The number of rotatable bonds is 7. The summed E-state index contributed by atoms with van der Waals surface area (Å²) in [4.78, 5) is 46.5. The summed E-state index contributed by atoms with van der Waals surface area (Å²) in [6, 6.07) is 12.4. The average molecular weight is 576 g/mol. The molecule has 0 unspecified atom stereocenters. The van der Waals surface area contributed by atoms with E-state index in [1.807, 2.05) is 6.92 Å². The first-order chi connectivity index (χ1) is 20.2. The van der Waals surface area contributed by atoms with Gasteiger partial charge in [-0.3, -0.25) is 14.6 Å². The number of amides is 4. The first-order valence-corrected chi connectivity index (χ1v) is 13.6. The summed E-state index contributed by atoms with van der Waals surface area (Å²) in [6.07, 6.45) is 2.55. The van der Waals surface area contributed by atoms with Crippen LogP contribution >= 0.6 is 0 Å². The maximum absolute atomic E-state index is 13.7. The second-order valence-electron chi connectivity index (χ2n) is 10.4. The number of anilines is 2. The van der Waals surface area contributed by atoms with Crippen molar-refractivity contribution in [2.45, 2.75) is 26.0 Å². The normalized spacial score (nSPS) is 18.2. The van der Waals surface area contributed by atoms with Crippen LogP contribution in [0, 0.1) is 5.92 Å². The molecule has 220 valence electrons. The van der Waals surface area contributed by atoms with Crippen LogP contribution in [-0.2, 0) is 0 Å². The molecule has 0 saturated carbocycles. The number of urea groups is 1. The van der Waals surface area contributed by atoms with Crippen molar-refractivity contribution in [2.75, 3.05) is 44.2 Å². The summed E-state index contributed by atoms with van der Waals surface area (Å²) >= 11 is 0. The largest absolute Gasteiger partial charge is 0.487 e. The van der Waals surface area contributed by atoms with Gasteiger partial charge >= 0.3 is 6.03 Å². The lowest BCUT2D eigenvalue weighted by Crippen LogP contribution is -2.50. The zero-order valence-corrected chi connectivity index (χ0v) is 23.6. The van der Waals surface area contributed by atoms with Crippen LogP contribution in [0.15, 0.2) is 60.9 Å². The van der Waals surface area contributed by atoms with Gasteiger partial charge < -0.3 is 39.8 Å². The van der Waals surface area contributed by atoms with Gasteiger partial charge in [0.05, 0.1) is 24.8 Å². The fourth-order valence-corrected chi connectivity index (χ4v) is 4.77. The van der Waals surface area contributed by atoms with E-state index in [0.717, 1.165) is 0 Å². The number of hydrogen-bond acceptors (Lipinski definition) is 8. The second-order valence-corrected chi connectivity index (χ2v) is 10.4. The molecular formula is C30H33N5O7. The summed E-state index contributed by atoms with van der Waals surface area (Å²) in [7, 11) is 1.66. The Morgan fingerprint density at radius 2 is 1.74 bits per heavy atom. The lowest BCUT2D eigenvalue weighted by atomic mass is 9.99. The van der Waals surface area contributed by atoms with Crippen molar-refractivity contribution in [2.24, 2.45) is 5.92 Å². The molecule has 0 spiro atoms. The Balaban J connectivity index is 1.36. The number of aliphatic hydroxyl groups excluding tert-OH is 1. The highest BCUT2D eigenvalue weighted by Gasteiger charge is 2.34. The van der Waals surface area contributed by atoms with Crippen molar-refractivity contribution in [3.63, 3.8) is 0 Å². The Kier molecular flexibility index (Phi) is 8.43. The van der Waals surface area contributed by atoms with E-state index in [2.05, 4.69) is 15.6 Å². The Morgan fingerprint density at radius 3 is 2.48 bits per heavy atom. The standard InChI is InChI=1S/C30H33N5O7/c1-18-14-35(19(2)16-36)29(38)23-12-21(32-28(37)20-8-10-31-11-9-20)4-6-24(23)42-27(18)15-34(3)30(39)33-22-5-7-25-26(13-22)41-17-40-25/h4-13,18-19,27,36H,14-17H2,1-3H3,(H,32,37)(H,33,39)/t18-,19+,27+/m1/s1. The van der Waals surface area contributed by atoms with Crippen molar-refractivity contribution < 1.29 is 33.7 Å². The molecule has 1 aromatic heterocycles. The van der Waals surface area contributed by atoms with Crippen molar-refractivity contribution >= 4 is 29.2 Å². The van der Waals surface area contributed by atoms with E-state index < -0.39 is 12.1 Å². The maximum Gasteiger partial charge on any atom is 0.321 e. The molecule has 42 heavy (non-hydrogen) atoms. The third kappa shape index (κ3) is 6.23. The molecule has 3 atom stereocenters. The number of hydrogen-bond donors (Lipinski definition) is 3. The van der Waals surface area contributed by atoms with Crippen molar-refractivity contribution in [3.05, 3.63) is 72.1 Å². The van der Waals surface area contributed by atoms with Gasteiger partial charge in [-0.1, -0.05) is 6.92 Å². The van der Waals surface area contributed by atoms with Crippen LogP contribution in [-0.4, -0.2) is 83.4 Å². The smallest absolute Gasteiger partial charge is 0.321 e. The van der Waals surface area contributed by atoms with Crippen LogP contribution in [0.4, 0.5) is 16.2 Å². The van der Waals surface area contributed by atoms with Gasteiger partial charge in [0.1, 0.15) is 11.9 Å². The topological polar surface area (TPSA) is 143 Å². The van der Waals surface area contributed by atoms with Crippen LogP contribution in [0.25, 0.3) is 0 Å². The molecule has 3 heterocycles. The van der Waals surface area contributed by atoms with Gasteiger partial charge in [0, 0.05) is 54.9 Å². The summed E-state index contributed by atoms with van der Waals surface area (Å²) in [5.74, 6) is 0.627. The number of aromatic nitrogens is 1. The molecule has 0 aliphatic carbocycles. The highest BCUT2D eigenvalue weighted by Crippen LogP contribution is 2.34. The summed E-state index contributed by atoms with van der Waals surface area (Å²) in [6.45, 7) is 4.12. The molecule has 0 saturated heterocycles. The van der Waals surface area contributed by atoms with Gasteiger partial charge in [-0.25, -0.2) is 4.79 Å². The van der Waals surface area contributed by atoms with Crippen LogP contribution in [0.5, 0.6) is 17.2 Å². The summed E-state index contributed by atoms with van der Waals surface area (Å²) in [5.41, 5.74) is 1.63. The minimum atomic E-state index is -0.491. The lowest BCUT2D eigenvalue weighted by molar-refractivity contribution is 0.0371. The van der Waals surface area contributed by atoms with Gasteiger partial charge in [-0.05, 0) is 49.4 Å². The number of benzene rings is 2. The molecule has 3 N–H and O–H groups in total. The summed E-state index contributed by atoms with van der Waals surface area (Å²) < 4.78 is 17.1. The number of carbonyl (C=O) groups is 3. The molecule has 5 rings (SSSR count). The van der Waals surface area contributed by atoms with E-state index in [4.69, 9.17) is 14.2 Å². The number of likely N-dealkylation sites (N-methyl/N-ethyl adjacent to an activating group) is 1. The first kappa shape index (κ1) is 28.7. The van der Waals surface area contributed by atoms with Gasteiger partial charge in [0.2, 0.25) is 6.79 Å². The van der Waals surface area contributed by atoms with Gasteiger partial charge in [0.25, 0.3) is 11.8 Å². The van der Waals surface area contributed by atoms with Gasteiger partial charge in [-0.2, -0.15) is 0 Å². The Morgan fingerprint density at radius 1 is 1.05 bits per heavy atom. The SMILES string of the molecule is C[C@@H]1CN([C@@H](C)CO)C(=O)c2cc(NC(=O)c3ccncc3)ccc2O[C@H]1CN(C)C(=O)Nc1ccc2c(c1)OCO2. The highest BCUT2D eigenvalue weighted by atomic mass is 16.7. The van der Waals surface area contributed by atoms with Crippen molar-refractivity contribution in [1.29, 1.82) is 0 Å². The number of aliphatic hydroxyl groups is 1. The van der Waals surface area contributed by atoms with E-state index in [1.54, 1.807) is 67.4 Å². The minimum Gasteiger partial charge on any atom is -0.487 e. The molecule has 3 aromatic rings. The highest BCUT2D eigenvalue weighted by molar-refractivity contribution is 6.05. The second kappa shape index (κ2) is 12.4. The molecular weight excluding hydrogens is 542 g/mol. The van der Waals surface area contributed by atoms with Gasteiger partial charge in [-0.15, -0.1) is 0 Å². The van der Waals surface area contributed by atoms with E-state index in [9.17, 15) is 19.5 Å². The average Bonchev–Trinajstić information content (AvgIpc) is 3.47. The van der Waals surface area contributed by atoms with Crippen molar-refractivity contribution in [1.82, 2.24) is 14.8 Å². The van der Waals surface area contributed by atoms with Gasteiger partial charge in [0.15, 0.2) is 11.5 Å². The van der Waals surface area contributed by atoms with Crippen LogP contribution < -0.4 is 24.8 Å². The fraction of sp³-hybridized carbons (Fsp3) is 0.333. The molecule has 12 heteroatoms. The first-order valence-electron chi connectivity index (χ1n) is 13.6.